The minimum Gasteiger partial charge on any atom is -0.277 e. The van der Waals surface area contributed by atoms with Crippen molar-refractivity contribution in [1.29, 1.82) is 0 Å². The Bertz CT molecular complexity index is 593. The number of sulfone groups is 1. The molecule has 8 heteroatoms. The van der Waals surface area contributed by atoms with Crippen LogP contribution in [0.2, 0.25) is 0 Å². The maximum Gasteiger partial charge on any atom is 0.330 e. The Labute approximate surface area is 116 Å². The van der Waals surface area contributed by atoms with Gasteiger partial charge < -0.3 is 0 Å². The quantitative estimate of drug-likeness (QED) is 0.704. The number of urea groups is 1. The smallest absolute Gasteiger partial charge is 0.277 e. The minimum atomic E-state index is -3.05. The van der Waals surface area contributed by atoms with E-state index in [1.807, 2.05) is 0 Å². The highest BCUT2D eigenvalue weighted by Gasteiger charge is 2.57. The van der Waals surface area contributed by atoms with E-state index in [1.54, 1.807) is 0 Å². The SMILES string of the molecule is O=C1NC(=O)C2(CCC2)C(=O)N1CC1CCS(=O)(=O)C1. The van der Waals surface area contributed by atoms with E-state index < -0.39 is 33.1 Å². The molecule has 110 valence electrons. The Morgan fingerprint density at radius 2 is 1.95 bits per heavy atom. The number of imide groups is 2. The zero-order valence-electron chi connectivity index (χ0n) is 10.9. The van der Waals surface area contributed by atoms with E-state index in [-0.39, 0.29) is 24.0 Å². The molecule has 20 heavy (non-hydrogen) atoms. The highest BCUT2D eigenvalue weighted by atomic mass is 32.2. The van der Waals surface area contributed by atoms with Crippen LogP contribution < -0.4 is 5.32 Å². The molecular weight excluding hydrogens is 284 g/mol. The van der Waals surface area contributed by atoms with Gasteiger partial charge in [0.25, 0.3) is 0 Å². The lowest BCUT2D eigenvalue weighted by atomic mass is 9.66. The molecule has 1 spiro atoms. The van der Waals surface area contributed by atoms with Gasteiger partial charge in [0.2, 0.25) is 11.8 Å². The summed E-state index contributed by atoms with van der Waals surface area (Å²) in [4.78, 5) is 37.1. The van der Waals surface area contributed by atoms with E-state index in [2.05, 4.69) is 5.32 Å². The first-order valence-electron chi connectivity index (χ1n) is 6.72. The molecule has 0 aromatic heterocycles. The van der Waals surface area contributed by atoms with Crippen LogP contribution in [0.4, 0.5) is 4.79 Å². The molecule has 0 aromatic rings. The van der Waals surface area contributed by atoms with Crippen molar-refractivity contribution in [2.24, 2.45) is 11.3 Å². The molecule has 1 N–H and O–H groups in total. The fourth-order valence-corrected chi connectivity index (χ4v) is 4.99. The van der Waals surface area contributed by atoms with Gasteiger partial charge in [0.15, 0.2) is 9.84 Å². The molecule has 1 atom stereocenters. The summed E-state index contributed by atoms with van der Waals surface area (Å²) < 4.78 is 22.9. The molecule has 0 aromatic carbocycles. The Hall–Kier alpha value is -1.44. The molecule has 3 aliphatic rings. The maximum atomic E-state index is 12.4. The van der Waals surface area contributed by atoms with Crippen molar-refractivity contribution in [2.75, 3.05) is 18.1 Å². The van der Waals surface area contributed by atoms with E-state index in [0.717, 1.165) is 11.3 Å². The molecule has 7 nitrogen and oxygen atoms in total. The van der Waals surface area contributed by atoms with Crippen molar-refractivity contribution in [1.82, 2.24) is 10.2 Å². The molecular formula is C12H16N2O5S. The Morgan fingerprint density at radius 1 is 1.25 bits per heavy atom. The molecule has 2 heterocycles. The van der Waals surface area contributed by atoms with Crippen LogP contribution in [0, 0.1) is 11.3 Å². The van der Waals surface area contributed by atoms with Gasteiger partial charge in [0, 0.05) is 6.54 Å². The number of amides is 4. The fraction of sp³-hybridized carbons (Fsp3) is 0.750. The van der Waals surface area contributed by atoms with Gasteiger partial charge >= 0.3 is 6.03 Å². The summed E-state index contributed by atoms with van der Waals surface area (Å²) in [5.41, 5.74) is -1.08. The molecule has 1 saturated carbocycles. The molecule has 3 fully saturated rings. The largest absolute Gasteiger partial charge is 0.330 e. The third-order valence-electron chi connectivity index (χ3n) is 4.53. The van der Waals surface area contributed by atoms with Gasteiger partial charge in [-0.25, -0.2) is 13.2 Å². The zero-order valence-corrected chi connectivity index (χ0v) is 11.7. The lowest BCUT2D eigenvalue weighted by Gasteiger charge is -2.44. The lowest BCUT2D eigenvalue weighted by molar-refractivity contribution is -0.158. The van der Waals surface area contributed by atoms with Crippen molar-refractivity contribution in [2.45, 2.75) is 25.7 Å². The van der Waals surface area contributed by atoms with E-state index in [4.69, 9.17) is 0 Å². The van der Waals surface area contributed by atoms with Gasteiger partial charge in [0.05, 0.1) is 11.5 Å². The summed E-state index contributed by atoms with van der Waals surface area (Å²) in [6.07, 6.45) is 2.17. The fourth-order valence-electron chi connectivity index (χ4n) is 3.14. The summed E-state index contributed by atoms with van der Waals surface area (Å²) in [6.45, 7) is 0.0823. The standard InChI is InChI=1S/C12H16N2O5S/c15-9-12(3-1-4-12)10(16)14(11(17)13-9)6-8-2-5-20(18,19)7-8/h8H,1-7H2,(H,13,15,17). The van der Waals surface area contributed by atoms with E-state index in [9.17, 15) is 22.8 Å². The number of hydrogen-bond donors (Lipinski definition) is 1. The van der Waals surface area contributed by atoms with Gasteiger partial charge in [-0.1, -0.05) is 6.42 Å². The Kier molecular flexibility index (Phi) is 2.89. The summed E-state index contributed by atoms with van der Waals surface area (Å²) in [6, 6.07) is -0.721. The summed E-state index contributed by atoms with van der Waals surface area (Å²) in [5.74, 6) is -1.08. The predicted octanol–water partition coefficient (Wildman–Crippen LogP) is -0.330. The first-order chi connectivity index (χ1) is 9.34. The molecule has 1 unspecified atom stereocenters. The van der Waals surface area contributed by atoms with Crippen molar-refractivity contribution in [3.63, 3.8) is 0 Å². The number of carbonyl (C=O) groups excluding carboxylic acids is 3. The molecule has 2 aliphatic heterocycles. The average molecular weight is 300 g/mol. The van der Waals surface area contributed by atoms with Crippen LogP contribution in [0.5, 0.6) is 0 Å². The number of nitrogens with zero attached hydrogens (tertiary/aromatic N) is 1. The number of rotatable bonds is 2. The number of hydrogen-bond acceptors (Lipinski definition) is 5. The summed E-state index contributed by atoms with van der Waals surface area (Å²) in [5, 5.41) is 2.23. The van der Waals surface area contributed by atoms with Crippen LogP contribution in [-0.4, -0.2) is 49.2 Å². The molecule has 4 amide bonds. The van der Waals surface area contributed by atoms with Crippen LogP contribution in [0.25, 0.3) is 0 Å². The zero-order chi connectivity index (χ0) is 14.5. The maximum absolute atomic E-state index is 12.4. The molecule has 1 aliphatic carbocycles. The second kappa shape index (κ2) is 4.28. The second-order valence-corrected chi connectivity index (χ2v) is 8.11. The van der Waals surface area contributed by atoms with E-state index in [1.165, 1.54) is 0 Å². The number of nitrogens with one attached hydrogen (secondary N) is 1. The average Bonchev–Trinajstić information content (AvgIpc) is 2.62. The van der Waals surface area contributed by atoms with Gasteiger partial charge in [0.1, 0.15) is 5.41 Å². The predicted molar refractivity (Wildman–Crippen MR) is 68.3 cm³/mol. The second-order valence-electron chi connectivity index (χ2n) is 5.88. The Balaban J connectivity index is 1.77. The van der Waals surface area contributed by atoms with Crippen LogP contribution in [-0.2, 0) is 19.4 Å². The van der Waals surface area contributed by atoms with Crippen LogP contribution in [0.1, 0.15) is 25.7 Å². The van der Waals surface area contributed by atoms with Gasteiger partial charge in [-0.2, -0.15) is 0 Å². The van der Waals surface area contributed by atoms with Crippen molar-refractivity contribution >= 4 is 27.7 Å². The van der Waals surface area contributed by atoms with Crippen molar-refractivity contribution in [3.8, 4) is 0 Å². The van der Waals surface area contributed by atoms with E-state index >= 15 is 0 Å². The van der Waals surface area contributed by atoms with Crippen LogP contribution in [0.15, 0.2) is 0 Å². The van der Waals surface area contributed by atoms with Crippen molar-refractivity contribution in [3.05, 3.63) is 0 Å². The normalized spacial score (nSPS) is 31.3. The highest BCUT2D eigenvalue weighted by molar-refractivity contribution is 7.91. The monoisotopic (exact) mass is 300 g/mol. The van der Waals surface area contributed by atoms with Crippen molar-refractivity contribution < 1.29 is 22.8 Å². The first-order valence-corrected chi connectivity index (χ1v) is 8.54. The van der Waals surface area contributed by atoms with Crippen LogP contribution in [0.3, 0.4) is 0 Å². The van der Waals surface area contributed by atoms with Gasteiger partial charge in [-0.15, -0.1) is 0 Å². The van der Waals surface area contributed by atoms with Gasteiger partial charge in [-0.3, -0.25) is 19.8 Å². The minimum absolute atomic E-state index is 0.00497. The summed E-state index contributed by atoms with van der Waals surface area (Å²) >= 11 is 0. The highest BCUT2D eigenvalue weighted by Crippen LogP contribution is 2.44. The third kappa shape index (κ3) is 1.93. The van der Waals surface area contributed by atoms with E-state index in [0.29, 0.717) is 19.3 Å². The topological polar surface area (TPSA) is 101 Å². The first kappa shape index (κ1) is 13.5. The molecule has 2 saturated heterocycles. The van der Waals surface area contributed by atoms with Gasteiger partial charge in [-0.05, 0) is 25.2 Å². The number of carbonyl (C=O) groups is 3. The summed E-state index contributed by atoms with van der Waals surface area (Å²) in [7, 11) is -3.05. The lowest BCUT2D eigenvalue weighted by Crippen LogP contribution is -2.66. The number of barbiturate groups is 1. The molecule has 3 rings (SSSR count). The molecule has 0 bridgehead atoms. The third-order valence-corrected chi connectivity index (χ3v) is 6.37. The molecule has 0 radical (unpaired) electrons. The van der Waals surface area contributed by atoms with Crippen LogP contribution >= 0.6 is 0 Å². The Morgan fingerprint density at radius 3 is 2.45 bits per heavy atom.